The maximum Gasteiger partial charge on any atom is 0.264 e. The summed E-state index contributed by atoms with van der Waals surface area (Å²) in [5, 5.41) is 0.725. The highest BCUT2D eigenvalue weighted by atomic mass is 32.2. The summed E-state index contributed by atoms with van der Waals surface area (Å²) in [7, 11) is -3.88. The fourth-order valence-electron chi connectivity index (χ4n) is 4.72. The van der Waals surface area contributed by atoms with Crippen molar-refractivity contribution in [2.24, 2.45) is 5.73 Å². The van der Waals surface area contributed by atoms with Crippen LogP contribution >= 0.6 is 0 Å². The zero-order chi connectivity index (χ0) is 26.9. The van der Waals surface area contributed by atoms with Gasteiger partial charge in [-0.1, -0.05) is 24.3 Å². The van der Waals surface area contributed by atoms with Crippen molar-refractivity contribution in [2.45, 2.75) is 18.0 Å². The maximum atomic E-state index is 13.8. The minimum absolute atomic E-state index is 0.0835. The molecule has 196 valence electrons. The average Bonchev–Trinajstić information content (AvgIpc) is 2.91. The molecule has 1 atom stereocenters. The summed E-state index contributed by atoms with van der Waals surface area (Å²) < 4.78 is 42.5. The fourth-order valence-corrected chi connectivity index (χ4v) is 5.96. The van der Waals surface area contributed by atoms with Crippen LogP contribution in [0.5, 0.6) is 0 Å². The van der Waals surface area contributed by atoms with Gasteiger partial charge in [-0.2, -0.15) is 0 Å². The highest BCUT2D eigenvalue weighted by Gasteiger charge is 2.26. The number of rotatable bonds is 6. The summed E-state index contributed by atoms with van der Waals surface area (Å²) >= 11 is 0. The van der Waals surface area contributed by atoms with Crippen LogP contribution in [0.15, 0.2) is 83.9 Å². The van der Waals surface area contributed by atoms with E-state index in [-0.39, 0.29) is 16.6 Å². The predicted molar refractivity (Wildman–Crippen MR) is 145 cm³/mol. The lowest BCUT2D eigenvalue weighted by Crippen LogP contribution is -2.51. The quantitative estimate of drug-likeness (QED) is 0.389. The Morgan fingerprint density at radius 2 is 1.71 bits per heavy atom. The van der Waals surface area contributed by atoms with Crippen molar-refractivity contribution in [3.05, 3.63) is 102 Å². The SMILES string of the molecule is Cc1cc(F)cc(C(N)N2CCN(C(=O)c3ccc(NS(=O)(=O)c4cccc5cccnc45)cc3)CC2)c1. The van der Waals surface area contributed by atoms with Crippen LogP contribution in [0, 0.1) is 12.7 Å². The highest BCUT2D eigenvalue weighted by Crippen LogP contribution is 2.24. The molecule has 0 radical (unpaired) electrons. The molecule has 1 unspecified atom stereocenters. The summed E-state index contributed by atoms with van der Waals surface area (Å²) in [5.41, 5.74) is 9.08. The number of fused-ring (bicyclic) bond motifs is 1. The second-order valence-electron chi connectivity index (χ2n) is 9.35. The van der Waals surface area contributed by atoms with Crippen molar-refractivity contribution >= 4 is 32.5 Å². The Labute approximate surface area is 220 Å². The summed E-state index contributed by atoms with van der Waals surface area (Å²) in [6.45, 7) is 3.89. The van der Waals surface area contributed by atoms with Crippen LogP contribution in [0.4, 0.5) is 10.1 Å². The summed E-state index contributed by atoms with van der Waals surface area (Å²) in [5.74, 6) is -0.462. The molecule has 5 rings (SSSR count). The number of carbonyl (C=O) groups is 1. The molecule has 8 nitrogen and oxygen atoms in total. The van der Waals surface area contributed by atoms with Gasteiger partial charge < -0.3 is 10.6 Å². The number of para-hydroxylation sites is 1. The Hall–Kier alpha value is -3.86. The van der Waals surface area contributed by atoms with Gasteiger partial charge in [0.05, 0.1) is 11.7 Å². The molecule has 2 heterocycles. The van der Waals surface area contributed by atoms with Gasteiger partial charge in [-0.25, -0.2) is 12.8 Å². The lowest BCUT2D eigenvalue weighted by atomic mass is 10.1. The molecular formula is C28H28FN5O3S. The van der Waals surface area contributed by atoms with Crippen LogP contribution in [0.3, 0.4) is 0 Å². The molecule has 0 aliphatic carbocycles. The van der Waals surface area contributed by atoms with Gasteiger partial charge >= 0.3 is 0 Å². The van der Waals surface area contributed by atoms with Gasteiger partial charge in [0.15, 0.2) is 0 Å². The van der Waals surface area contributed by atoms with E-state index >= 15 is 0 Å². The molecule has 1 aromatic heterocycles. The van der Waals surface area contributed by atoms with E-state index in [4.69, 9.17) is 5.73 Å². The minimum Gasteiger partial charge on any atom is -0.336 e. The second kappa shape index (κ2) is 10.5. The van der Waals surface area contributed by atoms with Gasteiger partial charge in [-0.3, -0.25) is 19.4 Å². The number of amides is 1. The van der Waals surface area contributed by atoms with E-state index in [1.54, 1.807) is 59.6 Å². The number of aromatic nitrogens is 1. The molecule has 10 heteroatoms. The Kier molecular flexibility index (Phi) is 7.11. The van der Waals surface area contributed by atoms with E-state index in [9.17, 15) is 17.6 Å². The van der Waals surface area contributed by atoms with Crippen molar-refractivity contribution in [3.8, 4) is 0 Å². The zero-order valence-corrected chi connectivity index (χ0v) is 21.7. The molecule has 0 saturated carbocycles. The van der Waals surface area contributed by atoms with E-state index in [2.05, 4.69) is 9.71 Å². The van der Waals surface area contributed by atoms with Gasteiger partial charge in [0.1, 0.15) is 10.7 Å². The largest absolute Gasteiger partial charge is 0.336 e. The number of nitrogens with zero attached hydrogens (tertiary/aromatic N) is 3. The number of sulfonamides is 1. The van der Waals surface area contributed by atoms with Gasteiger partial charge in [0.2, 0.25) is 0 Å². The van der Waals surface area contributed by atoms with Crippen LogP contribution in [-0.4, -0.2) is 55.3 Å². The summed E-state index contributed by atoms with van der Waals surface area (Å²) in [6, 6.07) is 19.7. The number of piperazine rings is 1. The van der Waals surface area contributed by atoms with Crippen molar-refractivity contribution in [3.63, 3.8) is 0 Å². The number of halogens is 1. The van der Waals surface area contributed by atoms with Crippen LogP contribution in [0.1, 0.15) is 27.7 Å². The highest BCUT2D eigenvalue weighted by molar-refractivity contribution is 7.93. The molecular weight excluding hydrogens is 505 g/mol. The first kappa shape index (κ1) is 25.8. The first-order valence-electron chi connectivity index (χ1n) is 12.2. The summed E-state index contributed by atoms with van der Waals surface area (Å²) in [4.78, 5) is 21.1. The Morgan fingerprint density at radius 3 is 2.42 bits per heavy atom. The van der Waals surface area contributed by atoms with Crippen molar-refractivity contribution in [1.29, 1.82) is 0 Å². The topological polar surface area (TPSA) is 109 Å². The number of anilines is 1. The molecule has 1 aliphatic heterocycles. The molecule has 1 amide bonds. The van der Waals surface area contributed by atoms with Gasteiger partial charge in [-0.05, 0) is 66.6 Å². The second-order valence-corrected chi connectivity index (χ2v) is 11.0. The Balaban J connectivity index is 1.23. The molecule has 1 aliphatic rings. The van der Waals surface area contributed by atoms with Crippen molar-refractivity contribution in [2.75, 3.05) is 30.9 Å². The van der Waals surface area contributed by atoms with Gasteiger partial charge in [-0.15, -0.1) is 0 Å². The maximum absolute atomic E-state index is 13.8. The first-order valence-corrected chi connectivity index (χ1v) is 13.7. The third-order valence-electron chi connectivity index (χ3n) is 6.67. The normalized spacial score (nSPS) is 15.4. The first-order chi connectivity index (χ1) is 18.2. The molecule has 3 N–H and O–H groups in total. The number of pyridine rings is 1. The fraction of sp³-hybridized carbons (Fsp3) is 0.214. The summed E-state index contributed by atoms with van der Waals surface area (Å²) in [6.07, 6.45) is 1.10. The number of benzene rings is 3. The smallest absolute Gasteiger partial charge is 0.264 e. The van der Waals surface area contributed by atoms with Crippen molar-refractivity contribution in [1.82, 2.24) is 14.8 Å². The van der Waals surface area contributed by atoms with E-state index in [0.717, 1.165) is 10.9 Å². The number of nitrogens with two attached hydrogens (primary N) is 1. The Morgan fingerprint density at radius 1 is 1.00 bits per heavy atom. The van der Waals surface area contributed by atoms with E-state index in [1.165, 1.54) is 18.2 Å². The third-order valence-corrected chi connectivity index (χ3v) is 8.08. The molecule has 1 fully saturated rings. The zero-order valence-electron chi connectivity index (χ0n) is 20.8. The minimum atomic E-state index is -3.88. The number of hydrogen-bond acceptors (Lipinski definition) is 6. The van der Waals surface area contributed by atoms with Crippen LogP contribution < -0.4 is 10.5 Å². The van der Waals surface area contributed by atoms with Gasteiger partial charge in [0, 0.05) is 49.0 Å². The number of aryl methyl sites for hydroxylation is 1. The van der Waals surface area contributed by atoms with E-state index in [1.807, 2.05) is 17.9 Å². The lowest BCUT2D eigenvalue weighted by molar-refractivity contribution is 0.0571. The van der Waals surface area contributed by atoms with Crippen LogP contribution in [-0.2, 0) is 10.0 Å². The van der Waals surface area contributed by atoms with Crippen LogP contribution in [0.25, 0.3) is 10.9 Å². The Bertz CT molecular complexity index is 1560. The van der Waals surface area contributed by atoms with E-state index in [0.29, 0.717) is 48.5 Å². The standard InChI is InChI=1S/C28H28FN5O3S/c1-19-16-22(18-23(29)17-19)27(30)33-12-14-34(15-13-33)28(35)21-7-9-24(10-8-21)32-38(36,37)25-6-2-4-20-5-3-11-31-26(20)25/h2-11,16-18,27,32H,12-15,30H2,1H3. The molecule has 3 aromatic carbocycles. The molecule has 0 spiro atoms. The van der Waals surface area contributed by atoms with Crippen LogP contribution in [0.2, 0.25) is 0 Å². The molecule has 0 bridgehead atoms. The average molecular weight is 534 g/mol. The molecule has 1 saturated heterocycles. The molecule has 38 heavy (non-hydrogen) atoms. The van der Waals surface area contributed by atoms with Crippen molar-refractivity contribution < 1.29 is 17.6 Å². The lowest BCUT2D eigenvalue weighted by Gasteiger charge is -2.38. The monoisotopic (exact) mass is 533 g/mol. The third kappa shape index (κ3) is 5.38. The number of hydrogen-bond donors (Lipinski definition) is 2. The number of nitrogens with one attached hydrogen (secondary N) is 1. The van der Waals surface area contributed by atoms with Gasteiger partial charge in [0.25, 0.3) is 15.9 Å². The number of carbonyl (C=O) groups excluding carboxylic acids is 1. The predicted octanol–water partition coefficient (Wildman–Crippen LogP) is 3.90. The molecule has 4 aromatic rings. The van der Waals surface area contributed by atoms with E-state index < -0.39 is 16.2 Å².